The van der Waals surface area contributed by atoms with Gasteiger partial charge in [-0.05, 0) is 37.8 Å². The van der Waals surface area contributed by atoms with Gasteiger partial charge in [-0.2, -0.15) is 0 Å². The van der Waals surface area contributed by atoms with Crippen molar-refractivity contribution in [3.05, 3.63) is 39.9 Å². The molecule has 3 rings (SSSR count). The maximum absolute atomic E-state index is 12.4. The first-order chi connectivity index (χ1) is 8.77. The van der Waals surface area contributed by atoms with E-state index >= 15 is 0 Å². The van der Waals surface area contributed by atoms with E-state index in [0.29, 0.717) is 5.65 Å². The summed E-state index contributed by atoms with van der Waals surface area (Å²) in [4.78, 5) is 16.9. The number of hydrogen-bond acceptors (Lipinski definition) is 3. The van der Waals surface area contributed by atoms with Gasteiger partial charge in [-0.15, -0.1) is 0 Å². The molecule has 0 aromatic carbocycles. The van der Waals surface area contributed by atoms with Gasteiger partial charge >= 0.3 is 0 Å². The Balaban J connectivity index is 2.29. The van der Waals surface area contributed by atoms with Crippen LogP contribution in [0.1, 0.15) is 36.9 Å². The van der Waals surface area contributed by atoms with Crippen molar-refractivity contribution in [3.8, 4) is 5.75 Å². The molecule has 2 aromatic heterocycles. The molecule has 0 amide bonds. The van der Waals surface area contributed by atoms with E-state index in [4.69, 9.17) is 0 Å². The molecule has 2 heterocycles. The van der Waals surface area contributed by atoms with E-state index in [1.54, 1.807) is 18.3 Å². The predicted octanol–water partition coefficient (Wildman–Crippen LogP) is 2.06. The van der Waals surface area contributed by atoms with Crippen molar-refractivity contribution >= 4 is 5.65 Å². The number of nitrogens with zero attached hydrogens (tertiary/aromatic N) is 2. The average Bonchev–Trinajstić information content (AvgIpc) is 2.33. The highest BCUT2D eigenvalue weighted by Crippen LogP contribution is 2.20. The normalized spacial score (nSPS) is 16.0. The second-order valence-electron chi connectivity index (χ2n) is 4.84. The number of aromatic hydroxyl groups is 1. The van der Waals surface area contributed by atoms with Crippen LogP contribution in [-0.2, 0) is 12.8 Å². The highest BCUT2D eigenvalue weighted by atomic mass is 16.3. The van der Waals surface area contributed by atoms with E-state index in [-0.39, 0.29) is 11.3 Å². The fourth-order valence-electron chi connectivity index (χ4n) is 2.63. The predicted molar refractivity (Wildman–Crippen MR) is 69.0 cm³/mol. The second kappa shape index (κ2) is 4.44. The zero-order valence-corrected chi connectivity index (χ0v) is 10.2. The smallest absolute Gasteiger partial charge is 0.261 e. The molecule has 94 valence electrons. The minimum absolute atomic E-state index is 0.0206. The second-order valence-corrected chi connectivity index (χ2v) is 4.84. The lowest BCUT2D eigenvalue weighted by molar-refractivity contribution is 0.476. The monoisotopic (exact) mass is 244 g/mol. The molecule has 0 aliphatic heterocycles. The number of pyridine rings is 1. The minimum atomic E-state index is -0.0206. The summed E-state index contributed by atoms with van der Waals surface area (Å²) in [6.45, 7) is 0. The molecule has 0 atom stereocenters. The topological polar surface area (TPSA) is 54.6 Å². The Bertz CT molecular complexity index is 646. The van der Waals surface area contributed by atoms with Gasteiger partial charge in [0, 0.05) is 11.8 Å². The summed E-state index contributed by atoms with van der Waals surface area (Å²) < 4.78 is 1.45. The van der Waals surface area contributed by atoms with Crippen LogP contribution in [-0.4, -0.2) is 14.5 Å². The Morgan fingerprint density at radius 2 is 1.94 bits per heavy atom. The van der Waals surface area contributed by atoms with Crippen molar-refractivity contribution in [2.75, 3.05) is 0 Å². The van der Waals surface area contributed by atoms with E-state index in [1.165, 1.54) is 17.2 Å². The molecule has 4 heteroatoms. The van der Waals surface area contributed by atoms with Crippen molar-refractivity contribution in [1.82, 2.24) is 9.38 Å². The Hall–Kier alpha value is -1.84. The molecule has 0 saturated carbocycles. The Kier molecular flexibility index (Phi) is 2.78. The van der Waals surface area contributed by atoms with E-state index in [9.17, 15) is 9.90 Å². The minimum Gasteiger partial charge on any atom is -0.504 e. The molecule has 1 aliphatic rings. The fourth-order valence-corrected chi connectivity index (χ4v) is 2.63. The molecule has 0 unspecified atom stereocenters. The largest absolute Gasteiger partial charge is 0.504 e. The zero-order chi connectivity index (χ0) is 12.5. The molecule has 0 bridgehead atoms. The summed E-state index contributed by atoms with van der Waals surface area (Å²) >= 11 is 0. The lowest BCUT2D eigenvalue weighted by Crippen LogP contribution is -2.23. The zero-order valence-electron chi connectivity index (χ0n) is 10.2. The summed E-state index contributed by atoms with van der Waals surface area (Å²) in [6.07, 6.45) is 7.82. The first-order valence-corrected chi connectivity index (χ1v) is 6.49. The maximum Gasteiger partial charge on any atom is 0.261 e. The van der Waals surface area contributed by atoms with Crippen molar-refractivity contribution in [1.29, 1.82) is 0 Å². The number of rotatable bonds is 0. The fraction of sp³-hybridized carbons (Fsp3) is 0.429. The molecular formula is C14H16N2O2. The first kappa shape index (κ1) is 11.3. The third kappa shape index (κ3) is 1.78. The summed E-state index contributed by atoms with van der Waals surface area (Å²) in [7, 11) is 0. The van der Waals surface area contributed by atoms with Gasteiger partial charge in [0.2, 0.25) is 0 Å². The standard InChI is InChI=1S/C14H16N2O2/c17-12-8-5-9-16-13(12)15-11-7-4-2-1-3-6-10(11)14(16)18/h5,8-9,17H,1-4,6-7H2. The highest BCUT2D eigenvalue weighted by Gasteiger charge is 2.15. The third-order valence-corrected chi connectivity index (χ3v) is 3.60. The lowest BCUT2D eigenvalue weighted by Gasteiger charge is -2.13. The van der Waals surface area contributed by atoms with Crippen LogP contribution < -0.4 is 5.56 Å². The number of hydrogen-bond donors (Lipinski definition) is 1. The van der Waals surface area contributed by atoms with Gasteiger partial charge in [0.1, 0.15) is 0 Å². The van der Waals surface area contributed by atoms with Crippen molar-refractivity contribution in [3.63, 3.8) is 0 Å². The van der Waals surface area contributed by atoms with Crippen LogP contribution in [0.4, 0.5) is 0 Å². The summed E-state index contributed by atoms with van der Waals surface area (Å²) in [5.41, 5.74) is 2.06. The van der Waals surface area contributed by atoms with E-state index in [0.717, 1.165) is 36.9 Å². The van der Waals surface area contributed by atoms with Crippen LogP contribution in [0.15, 0.2) is 23.1 Å². The maximum atomic E-state index is 12.4. The van der Waals surface area contributed by atoms with Crippen molar-refractivity contribution < 1.29 is 5.11 Å². The number of fused-ring (bicyclic) bond motifs is 2. The SMILES string of the molecule is O=c1c2c(nc3c(O)cccn13)CCCCCC2. The molecule has 4 nitrogen and oxygen atoms in total. The van der Waals surface area contributed by atoms with Gasteiger partial charge in [-0.25, -0.2) is 4.98 Å². The molecule has 0 spiro atoms. The molecule has 2 aromatic rings. The molecule has 0 saturated heterocycles. The summed E-state index contributed by atoms with van der Waals surface area (Å²) in [5.74, 6) is 0.0689. The van der Waals surface area contributed by atoms with E-state index in [1.807, 2.05) is 0 Å². The molecule has 1 N–H and O–H groups in total. The Labute approximate surface area is 105 Å². The van der Waals surface area contributed by atoms with Crippen LogP contribution in [0.3, 0.4) is 0 Å². The highest BCUT2D eigenvalue weighted by molar-refractivity contribution is 5.53. The van der Waals surface area contributed by atoms with Crippen LogP contribution >= 0.6 is 0 Å². The molecule has 1 aliphatic carbocycles. The van der Waals surface area contributed by atoms with Gasteiger partial charge in [0.05, 0.1) is 5.69 Å². The Morgan fingerprint density at radius 1 is 1.17 bits per heavy atom. The van der Waals surface area contributed by atoms with Crippen molar-refractivity contribution in [2.24, 2.45) is 0 Å². The van der Waals surface area contributed by atoms with E-state index in [2.05, 4.69) is 4.98 Å². The third-order valence-electron chi connectivity index (χ3n) is 3.60. The van der Waals surface area contributed by atoms with E-state index < -0.39 is 0 Å². The van der Waals surface area contributed by atoms with Crippen LogP contribution in [0.2, 0.25) is 0 Å². The number of aromatic nitrogens is 2. The van der Waals surface area contributed by atoms with Crippen LogP contribution in [0, 0.1) is 0 Å². The first-order valence-electron chi connectivity index (χ1n) is 6.49. The van der Waals surface area contributed by atoms with Gasteiger partial charge in [0.15, 0.2) is 11.4 Å². The quantitative estimate of drug-likeness (QED) is 0.771. The molecule has 0 fully saturated rings. The lowest BCUT2D eigenvalue weighted by atomic mass is 9.98. The summed E-state index contributed by atoms with van der Waals surface area (Å²) in [6, 6.07) is 3.23. The van der Waals surface area contributed by atoms with Gasteiger partial charge in [-0.3, -0.25) is 9.20 Å². The van der Waals surface area contributed by atoms with Gasteiger partial charge < -0.3 is 5.11 Å². The number of aryl methyl sites for hydroxylation is 1. The summed E-state index contributed by atoms with van der Waals surface area (Å²) in [5, 5.41) is 9.80. The van der Waals surface area contributed by atoms with Crippen LogP contribution in [0.25, 0.3) is 5.65 Å². The van der Waals surface area contributed by atoms with Crippen molar-refractivity contribution in [2.45, 2.75) is 38.5 Å². The average molecular weight is 244 g/mol. The van der Waals surface area contributed by atoms with Crippen LogP contribution in [0.5, 0.6) is 5.75 Å². The Morgan fingerprint density at radius 3 is 2.78 bits per heavy atom. The molecule has 0 radical (unpaired) electrons. The molecular weight excluding hydrogens is 228 g/mol. The molecule has 18 heavy (non-hydrogen) atoms. The van der Waals surface area contributed by atoms with Gasteiger partial charge in [-0.1, -0.05) is 12.8 Å². The van der Waals surface area contributed by atoms with Gasteiger partial charge in [0.25, 0.3) is 5.56 Å².